The molecule has 0 unspecified atom stereocenters. The summed E-state index contributed by atoms with van der Waals surface area (Å²) in [4.78, 5) is 23.5. The summed E-state index contributed by atoms with van der Waals surface area (Å²) >= 11 is 6.64. The number of amides is 1. The fourth-order valence-corrected chi connectivity index (χ4v) is 3.04. The molecule has 7 nitrogen and oxygen atoms in total. The van der Waals surface area contributed by atoms with Gasteiger partial charge in [-0.15, -0.1) is 0 Å². The SMILES string of the molecule is COc1ccc(Br)cc1C(=O)N/N=C\c1cc(Br)c(OC(C)=O)c(OC)c1. The van der Waals surface area contributed by atoms with Crippen molar-refractivity contribution in [3.63, 3.8) is 0 Å². The molecule has 0 bridgehead atoms. The number of rotatable bonds is 6. The molecule has 2 aromatic rings. The van der Waals surface area contributed by atoms with E-state index in [1.165, 1.54) is 27.4 Å². The quantitative estimate of drug-likeness (QED) is 0.282. The Labute approximate surface area is 172 Å². The van der Waals surface area contributed by atoms with Crippen LogP contribution in [0.15, 0.2) is 44.4 Å². The number of carbonyl (C=O) groups is 2. The first-order chi connectivity index (χ1) is 12.8. The minimum Gasteiger partial charge on any atom is -0.496 e. The van der Waals surface area contributed by atoms with Crippen LogP contribution in [0, 0.1) is 0 Å². The lowest BCUT2D eigenvalue weighted by Crippen LogP contribution is -2.18. The largest absolute Gasteiger partial charge is 0.496 e. The number of hydrogen-bond donors (Lipinski definition) is 1. The second kappa shape index (κ2) is 9.52. The van der Waals surface area contributed by atoms with Gasteiger partial charge in [-0.1, -0.05) is 15.9 Å². The first kappa shape index (κ1) is 20.9. The van der Waals surface area contributed by atoms with Crippen molar-refractivity contribution in [3.8, 4) is 17.2 Å². The van der Waals surface area contributed by atoms with Crippen molar-refractivity contribution >= 4 is 50.0 Å². The highest BCUT2D eigenvalue weighted by molar-refractivity contribution is 9.10. The molecule has 2 aromatic carbocycles. The second-order valence-corrected chi connectivity index (χ2v) is 6.94. The zero-order valence-corrected chi connectivity index (χ0v) is 17.9. The third-order valence-electron chi connectivity index (χ3n) is 3.28. The lowest BCUT2D eigenvalue weighted by Gasteiger charge is -2.11. The summed E-state index contributed by atoms with van der Waals surface area (Å²) < 4.78 is 16.8. The predicted molar refractivity (Wildman–Crippen MR) is 108 cm³/mol. The van der Waals surface area contributed by atoms with E-state index < -0.39 is 11.9 Å². The Morgan fingerprint density at radius 1 is 1.07 bits per heavy atom. The van der Waals surface area contributed by atoms with E-state index >= 15 is 0 Å². The molecule has 0 radical (unpaired) electrons. The van der Waals surface area contributed by atoms with Gasteiger partial charge in [0.05, 0.1) is 30.5 Å². The molecule has 1 amide bonds. The number of esters is 1. The van der Waals surface area contributed by atoms with Gasteiger partial charge < -0.3 is 14.2 Å². The van der Waals surface area contributed by atoms with E-state index in [0.717, 1.165) is 4.47 Å². The molecule has 27 heavy (non-hydrogen) atoms. The van der Waals surface area contributed by atoms with Crippen LogP contribution in [-0.4, -0.2) is 32.3 Å². The molecule has 0 saturated heterocycles. The molecule has 142 valence electrons. The van der Waals surface area contributed by atoms with Crippen molar-refractivity contribution in [2.75, 3.05) is 14.2 Å². The highest BCUT2D eigenvalue weighted by atomic mass is 79.9. The number of hydrogen-bond acceptors (Lipinski definition) is 6. The van der Waals surface area contributed by atoms with E-state index in [2.05, 4.69) is 42.4 Å². The van der Waals surface area contributed by atoms with Gasteiger partial charge in [0, 0.05) is 11.4 Å². The first-order valence-electron chi connectivity index (χ1n) is 7.58. The normalized spacial score (nSPS) is 10.6. The smallest absolute Gasteiger partial charge is 0.308 e. The first-order valence-corrected chi connectivity index (χ1v) is 9.17. The van der Waals surface area contributed by atoms with Crippen LogP contribution in [0.5, 0.6) is 17.2 Å². The van der Waals surface area contributed by atoms with Crippen molar-refractivity contribution in [1.29, 1.82) is 0 Å². The van der Waals surface area contributed by atoms with Crippen LogP contribution < -0.4 is 19.6 Å². The van der Waals surface area contributed by atoms with E-state index in [1.54, 1.807) is 30.3 Å². The number of nitrogens with zero attached hydrogens (tertiary/aromatic N) is 1. The molecule has 0 saturated carbocycles. The van der Waals surface area contributed by atoms with Crippen molar-refractivity contribution in [3.05, 3.63) is 50.4 Å². The van der Waals surface area contributed by atoms with Gasteiger partial charge in [-0.2, -0.15) is 5.10 Å². The molecule has 0 aliphatic carbocycles. The molecule has 0 fully saturated rings. The number of ether oxygens (including phenoxy) is 3. The molecule has 1 N–H and O–H groups in total. The maximum atomic E-state index is 12.3. The fourth-order valence-electron chi connectivity index (χ4n) is 2.14. The van der Waals surface area contributed by atoms with Gasteiger partial charge in [-0.3, -0.25) is 9.59 Å². The van der Waals surface area contributed by atoms with Crippen LogP contribution >= 0.6 is 31.9 Å². The summed E-state index contributed by atoms with van der Waals surface area (Å²) in [6.07, 6.45) is 1.44. The van der Waals surface area contributed by atoms with Gasteiger partial charge in [0.2, 0.25) is 0 Å². The van der Waals surface area contributed by atoms with E-state index in [-0.39, 0.29) is 5.75 Å². The van der Waals surface area contributed by atoms with Crippen LogP contribution in [0.2, 0.25) is 0 Å². The van der Waals surface area contributed by atoms with Crippen molar-refractivity contribution in [2.24, 2.45) is 5.10 Å². The molecular weight excluding hydrogens is 484 g/mol. The predicted octanol–water partition coefficient (Wildman–Crippen LogP) is 3.92. The lowest BCUT2D eigenvalue weighted by molar-refractivity contribution is -0.132. The number of hydrazone groups is 1. The van der Waals surface area contributed by atoms with Gasteiger partial charge in [0.1, 0.15) is 5.75 Å². The molecule has 2 rings (SSSR count). The molecule has 0 aromatic heterocycles. The zero-order chi connectivity index (χ0) is 20.0. The summed E-state index contributed by atoms with van der Waals surface area (Å²) in [5.41, 5.74) is 3.40. The van der Waals surface area contributed by atoms with Crippen molar-refractivity contribution in [2.45, 2.75) is 6.92 Å². The number of methoxy groups -OCH3 is 2. The number of carbonyl (C=O) groups excluding carboxylic acids is 2. The Kier molecular flexibility index (Phi) is 7.37. The second-order valence-electron chi connectivity index (χ2n) is 5.17. The van der Waals surface area contributed by atoms with E-state index in [9.17, 15) is 9.59 Å². The molecule has 9 heteroatoms. The van der Waals surface area contributed by atoms with Gasteiger partial charge in [0.25, 0.3) is 5.91 Å². The topological polar surface area (TPSA) is 86.2 Å². The van der Waals surface area contributed by atoms with Crippen LogP contribution in [0.4, 0.5) is 0 Å². The monoisotopic (exact) mass is 498 g/mol. The maximum Gasteiger partial charge on any atom is 0.308 e. The number of halogens is 2. The van der Waals surface area contributed by atoms with Crippen LogP contribution in [0.3, 0.4) is 0 Å². The molecular formula is C18H16Br2N2O5. The standard InChI is InChI=1S/C18H16Br2N2O5/c1-10(23)27-17-14(20)6-11(7-16(17)26-3)9-21-22-18(24)13-8-12(19)4-5-15(13)25-2/h4-9H,1-3H3,(H,22,24)/b21-9-. The van der Waals surface area contributed by atoms with Gasteiger partial charge >= 0.3 is 5.97 Å². The van der Waals surface area contributed by atoms with Crippen molar-refractivity contribution in [1.82, 2.24) is 5.43 Å². The summed E-state index contributed by atoms with van der Waals surface area (Å²) in [5, 5.41) is 3.95. The third kappa shape index (κ3) is 5.54. The third-order valence-corrected chi connectivity index (χ3v) is 4.37. The summed E-state index contributed by atoms with van der Waals surface area (Å²) in [6.45, 7) is 1.30. The highest BCUT2D eigenvalue weighted by Crippen LogP contribution is 2.36. The van der Waals surface area contributed by atoms with Crippen LogP contribution in [0.1, 0.15) is 22.8 Å². The summed E-state index contributed by atoms with van der Waals surface area (Å²) in [6, 6.07) is 8.39. The van der Waals surface area contributed by atoms with Crippen LogP contribution in [0.25, 0.3) is 0 Å². The van der Waals surface area contributed by atoms with Crippen molar-refractivity contribution < 1.29 is 23.8 Å². The average molecular weight is 500 g/mol. The summed E-state index contributed by atoms with van der Waals surface area (Å²) in [5.74, 6) is 0.157. The Balaban J connectivity index is 2.19. The number of benzene rings is 2. The molecule has 0 aliphatic rings. The Morgan fingerprint density at radius 2 is 1.78 bits per heavy atom. The number of nitrogens with one attached hydrogen (secondary N) is 1. The Morgan fingerprint density at radius 3 is 2.41 bits per heavy atom. The highest BCUT2D eigenvalue weighted by Gasteiger charge is 2.14. The molecule has 0 aliphatic heterocycles. The van der Waals surface area contributed by atoms with E-state index in [0.29, 0.717) is 27.1 Å². The fraction of sp³-hybridized carbons (Fsp3) is 0.167. The Bertz CT molecular complexity index is 900. The minimum absolute atomic E-state index is 0.269. The van der Waals surface area contributed by atoms with E-state index in [4.69, 9.17) is 14.2 Å². The zero-order valence-electron chi connectivity index (χ0n) is 14.7. The molecule has 0 spiro atoms. The van der Waals surface area contributed by atoms with Crippen LogP contribution in [-0.2, 0) is 4.79 Å². The lowest BCUT2D eigenvalue weighted by atomic mass is 10.2. The Hall–Kier alpha value is -2.39. The minimum atomic E-state index is -0.467. The molecule has 0 heterocycles. The maximum absolute atomic E-state index is 12.3. The van der Waals surface area contributed by atoms with Gasteiger partial charge in [-0.05, 0) is 51.8 Å². The van der Waals surface area contributed by atoms with E-state index in [1.807, 2.05) is 0 Å². The van der Waals surface area contributed by atoms with Gasteiger partial charge in [0.15, 0.2) is 11.5 Å². The molecule has 0 atom stereocenters. The average Bonchev–Trinajstić information content (AvgIpc) is 2.63. The van der Waals surface area contributed by atoms with Gasteiger partial charge in [-0.25, -0.2) is 5.43 Å². The summed E-state index contributed by atoms with van der Waals surface area (Å²) in [7, 11) is 2.94.